The molecule has 2 aromatic carbocycles. The van der Waals surface area contributed by atoms with Gasteiger partial charge in [-0.1, -0.05) is 30.3 Å². The molecule has 0 fully saturated rings. The number of nitrogens with zero attached hydrogens (tertiary/aromatic N) is 3. The number of hydrogen-bond donors (Lipinski definition) is 1. The fourth-order valence-corrected chi connectivity index (χ4v) is 3.23. The van der Waals surface area contributed by atoms with E-state index in [1.165, 1.54) is 17.7 Å². The van der Waals surface area contributed by atoms with Crippen molar-refractivity contribution in [3.05, 3.63) is 82.9 Å². The molecule has 1 aliphatic rings. The van der Waals surface area contributed by atoms with Crippen LogP contribution in [0.15, 0.2) is 54.6 Å². The lowest BCUT2D eigenvalue weighted by Gasteiger charge is -2.17. The number of benzene rings is 2. The van der Waals surface area contributed by atoms with Gasteiger partial charge in [-0.15, -0.1) is 0 Å². The van der Waals surface area contributed by atoms with Crippen LogP contribution < -0.4 is 10.2 Å². The third-order valence-electron chi connectivity index (χ3n) is 4.57. The monoisotopic (exact) mass is 362 g/mol. The van der Waals surface area contributed by atoms with Crippen LogP contribution in [0, 0.1) is 12.7 Å². The minimum atomic E-state index is -0.274. The van der Waals surface area contributed by atoms with E-state index in [1.807, 2.05) is 31.2 Å². The Morgan fingerprint density at radius 1 is 1.15 bits per heavy atom. The van der Waals surface area contributed by atoms with Gasteiger partial charge in [0.2, 0.25) is 5.95 Å². The van der Waals surface area contributed by atoms with E-state index in [1.54, 1.807) is 23.1 Å². The molecule has 5 nitrogen and oxygen atoms in total. The zero-order valence-corrected chi connectivity index (χ0v) is 14.9. The Hall–Kier alpha value is -3.28. The summed E-state index contributed by atoms with van der Waals surface area (Å²) >= 11 is 0. The van der Waals surface area contributed by atoms with E-state index >= 15 is 0 Å². The number of nitrogens with one attached hydrogen (secondary N) is 1. The number of halogens is 1. The summed E-state index contributed by atoms with van der Waals surface area (Å²) in [6, 6.07) is 15.8. The molecule has 1 aromatic heterocycles. The molecular formula is C21H19FN4O. The van der Waals surface area contributed by atoms with E-state index in [0.717, 1.165) is 17.7 Å². The molecule has 0 unspecified atom stereocenters. The molecule has 0 atom stereocenters. The topological polar surface area (TPSA) is 58.1 Å². The normalized spacial score (nSPS) is 12.7. The summed E-state index contributed by atoms with van der Waals surface area (Å²) in [4.78, 5) is 23.5. The first-order valence-electron chi connectivity index (χ1n) is 8.84. The number of hydrogen-bond acceptors (Lipinski definition) is 4. The van der Waals surface area contributed by atoms with Crippen LogP contribution >= 0.6 is 0 Å². The van der Waals surface area contributed by atoms with Gasteiger partial charge >= 0.3 is 0 Å². The van der Waals surface area contributed by atoms with Gasteiger partial charge in [-0.2, -0.15) is 0 Å². The van der Waals surface area contributed by atoms with Crippen molar-refractivity contribution in [1.82, 2.24) is 9.97 Å². The Kier molecular flexibility index (Phi) is 4.54. The van der Waals surface area contributed by atoms with Gasteiger partial charge in [-0.05, 0) is 48.7 Å². The summed E-state index contributed by atoms with van der Waals surface area (Å²) in [5.41, 5.74) is 4.09. The average Bonchev–Trinajstić information content (AvgIpc) is 3.11. The summed E-state index contributed by atoms with van der Waals surface area (Å²) in [5.74, 6) is -0.0187. The zero-order valence-electron chi connectivity index (χ0n) is 14.9. The van der Waals surface area contributed by atoms with Gasteiger partial charge in [-0.25, -0.2) is 14.4 Å². The summed E-state index contributed by atoms with van der Waals surface area (Å²) < 4.78 is 13.0. The quantitative estimate of drug-likeness (QED) is 0.768. The predicted octanol–water partition coefficient (Wildman–Crippen LogP) is 3.74. The molecule has 1 N–H and O–H groups in total. The number of amides is 1. The van der Waals surface area contributed by atoms with Crippen LogP contribution in [0.5, 0.6) is 0 Å². The molecule has 0 saturated heterocycles. The van der Waals surface area contributed by atoms with Crippen molar-refractivity contribution in [2.75, 3.05) is 16.8 Å². The third-order valence-corrected chi connectivity index (χ3v) is 4.57. The molecule has 0 bridgehead atoms. The van der Waals surface area contributed by atoms with Crippen molar-refractivity contribution >= 4 is 17.5 Å². The van der Waals surface area contributed by atoms with Gasteiger partial charge in [0.15, 0.2) is 0 Å². The van der Waals surface area contributed by atoms with E-state index in [0.29, 0.717) is 30.4 Å². The first-order valence-corrected chi connectivity index (χ1v) is 8.84. The van der Waals surface area contributed by atoms with E-state index in [-0.39, 0.29) is 11.7 Å². The Morgan fingerprint density at radius 2 is 1.93 bits per heavy atom. The van der Waals surface area contributed by atoms with Gasteiger partial charge in [0.1, 0.15) is 11.5 Å². The highest BCUT2D eigenvalue weighted by Crippen LogP contribution is 2.28. The second-order valence-electron chi connectivity index (χ2n) is 6.53. The number of anilines is 2. The maximum atomic E-state index is 13.0. The average molecular weight is 362 g/mol. The highest BCUT2D eigenvalue weighted by molar-refractivity contribution is 6.06. The van der Waals surface area contributed by atoms with E-state index in [4.69, 9.17) is 0 Å². The molecule has 0 aliphatic carbocycles. The summed E-state index contributed by atoms with van der Waals surface area (Å²) in [6.45, 7) is 2.93. The Bertz CT molecular complexity index is 988. The molecule has 0 radical (unpaired) electrons. The molecule has 0 saturated carbocycles. The second-order valence-corrected chi connectivity index (χ2v) is 6.53. The standard InChI is InChI=1S/C21H19FN4O/c1-14-12-18(20(27)26-11-10-16-4-2-3-5-19(16)26)25-21(24-14)23-13-15-6-8-17(22)9-7-15/h2-9,12H,10-11,13H2,1H3,(H,23,24,25). The molecule has 4 rings (SSSR count). The molecule has 6 heteroatoms. The van der Waals surface area contributed by atoms with Crippen molar-refractivity contribution < 1.29 is 9.18 Å². The highest BCUT2D eigenvalue weighted by atomic mass is 19.1. The lowest BCUT2D eigenvalue weighted by atomic mass is 10.2. The van der Waals surface area contributed by atoms with E-state index in [9.17, 15) is 9.18 Å². The first-order chi connectivity index (χ1) is 13.1. The number of rotatable bonds is 4. The SMILES string of the molecule is Cc1cc(C(=O)N2CCc3ccccc32)nc(NCc2ccc(F)cc2)n1. The third kappa shape index (κ3) is 3.65. The molecule has 27 heavy (non-hydrogen) atoms. The van der Waals surface area contributed by atoms with Crippen LogP contribution in [0.1, 0.15) is 27.3 Å². The number of para-hydroxylation sites is 1. The fourth-order valence-electron chi connectivity index (χ4n) is 3.23. The molecule has 2 heterocycles. The van der Waals surface area contributed by atoms with Gasteiger partial charge in [0.05, 0.1) is 0 Å². The first kappa shape index (κ1) is 17.1. The van der Waals surface area contributed by atoms with Crippen LogP contribution in [0.25, 0.3) is 0 Å². The van der Waals surface area contributed by atoms with Gasteiger partial charge < -0.3 is 10.2 Å². The summed E-state index contributed by atoms with van der Waals surface area (Å²) in [5, 5.41) is 3.11. The molecular weight excluding hydrogens is 343 g/mol. The van der Waals surface area contributed by atoms with Crippen molar-refractivity contribution in [2.24, 2.45) is 0 Å². The van der Waals surface area contributed by atoms with Gasteiger partial charge in [0.25, 0.3) is 5.91 Å². The lowest BCUT2D eigenvalue weighted by molar-refractivity contribution is 0.0984. The number of aryl methyl sites for hydroxylation is 1. The molecule has 3 aromatic rings. The molecule has 1 aliphatic heterocycles. The zero-order chi connectivity index (χ0) is 18.8. The maximum Gasteiger partial charge on any atom is 0.277 e. The maximum absolute atomic E-state index is 13.0. The number of carbonyl (C=O) groups excluding carboxylic acids is 1. The highest BCUT2D eigenvalue weighted by Gasteiger charge is 2.26. The van der Waals surface area contributed by atoms with E-state index in [2.05, 4.69) is 15.3 Å². The predicted molar refractivity (Wildman–Crippen MR) is 102 cm³/mol. The van der Waals surface area contributed by atoms with Crippen molar-refractivity contribution in [3.8, 4) is 0 Å². The smallest absolute Gasteiger partial charge is 0.277 e. The Balaban J connectivity index is 1.54. The van der Waals surface area contributed by atoms with Crippen LogP contribution in [-0.4, -0.2) is 22.4 Å². The Labute approximate surface area is 156 Å². The minimum absolute atomic E-state index is 0.129. The molecule has 0 spiro atoms. The van der Waals surface area contributed by atoms with Crippen molar-refractivity contribution in [3.63, 3.8) is 0 Å². The number of aromatic nitrogens is 2. The second kappa shape index (κ2) is 7.15. The van der Waals surface area contributed by atoms with Crippen molar-refractivity contribution in [2.45, 2.75) is 19.9 Å². The minimum Gasteiger partial charge on any atom is -0.350 e. The summed E-state index contributed by atoms with van der Waals surface area (Å²) in [6.07, 6.45) is 0.849. The van der Waals surface area contributed by atoms with Gasteiger partial charge in [-0.3, -0.25) is 4.79 Å². The molecule has 136 valence electrons. The van der Waals surface area contributed by atoms with Crippen molar-refractivity contribution in [1.29, 1.82) is 0 Å². The van der Waals surface area contributed by atoms with Crippen LogP contribution in [-0.2, 0) is 13.0 Å². The van der Waals surface area contributed by atoms with Crippen LogP contribution in [0.4, 0.5) is 16.0 Å². The van der Waals surface area contributed by atoms with Crippen LogP contribution in [0.3, 0.4) is 0 Å². The number of carbonyl (C=O) groups is 1. The Morgan fingerprint density at radius 3 is 2.74 bits per heavy atom. The van der Waals surface area contributed by atoms with Crippen LogP contribution in [0.2, 0.25) is 0 Å². The largest absolute Gasteiger partial charge is 0.350 e. The fraction of sp³-hybridized carbons (Fsp3) is 0.190. The van der Waals surface area contributed by atoms with Gasteiger partial charge in [0, 0.05) is 24.5 Å². The molecule has 1 amide bonds. The lowest BCUT2D eigenvalue weighted by Crippen LogP contribution is -2.30. The summed E-state index contributed by atoms with van der Waals surface area (Å²) in [7, 11) is 0. The number of fused-ring (bicyclic) bond motifs is 1. The van der Waals surface area contributed by atoms with E-state index < -0.39 is 0 Å².